The van der Waals surface area contributed by atoms with Gasteiger partial charge in [-0.2, -0.15) is 5.26 Å². The molecule has 1 fully saturated rings. The molecule has 0 N–H and O–H groups in total. The van der Waals surface area contributed by atoms with Crippen molar-refractivity contribution in [1.29, 1.82) is 5.26 Å². The van der Waals surface area contributed by atoms with Crippen molar-refractivity contribution in [3.05, 3.63) is 38.3 Å². The lowest BCUT2D eigenvalue weighted by Crippen LogP contribution is -2.41. The number of rotatable bonds is 4. The standard InChI is InChI=1S/C14H16BrN3O2S/c1-21-14(10-16)4-6-17(7-5-14)9-11-2-3-12(18(19)20)8-13(11)15/h2-3,8H,4-7,9H2,1H3. The fraction of sp³-hybridized carbons (Fsp3) is 0.500. The number of halogens is 1. The van der Waals surface area contributed by atoms with E-state index < -0.39 is 4.92 Å². The van der Waals surface area contributed by atoms with Crippen LogP contribution >= 0.6 is 27.7 Å². The zero-order valence-corrected chi connectivity index (χ0v) is 14.1. The number of likely N-dealkylation sites (tertiary alicyclic amines) is 1. The number of non-ortho nitro benzene ring substituents is 1. The normalized spacial score (nSPS) is 18.1. The summed E-state index contributed by atoms with van der Waals surface area (Å²) in [5, 5.41) is 20.0. The maximum absolute atomic E-state index is 10.7. The molecule has 0 radical (unpaired) electrons. The Morgan fingerprint density at radius 2 is 2.19 bits per heavy atom. The SMILES string of the molecule is CSC1(C#N)CCN(Cc2ccc([N+](=O)[O-])cc2Br)CC1. The second-order valence-corrected chi connectivity index (χ2v) is 7.16. The highest BCUT2D eigenvalue weighted by atomic mass is 79.9. The number of hydrogen-bond donors (Lipinski definition) is 0. The molecule has 21 heavy (non-hydrogen) atoms. The molecular weight excluding hydrogens is 354 g/mol. The molecule has 0 bridgehead atoms. The maximum atomic E-state index is 10.7. The van der Waals surface area contributed by atoms with Crippen LogP contribution in [0, 0.1) is 21.4 Å². The molecule has 1 saturated heterocycles. The van der Waals surface area contributed by atoms with Crippen LogP contribution in [-0.2, 0) is 6.54 Å². The molecule has 0 aromatic heterocycles. The van der Waals surface area contributed by atoms with Crippen LogP contribution < -0.4 is 0 Å². The van der Waals surface area contributed by atoms with E-state index in [0.717, 1.165) is 42.5 Å². The molecular formula is C14H16BrN3O2S. The average Bonchev–Trinajstić information content (AvgIpc) is 2.50. The van der Waals surface area contributed by atoms with Gasteiger partial charge in [-0.15, -0.1) is 11.8 Å². The van der Waals surface area contributed by atoms with Gasteiger partial charge in [-0.1, -0.05) is 15.9 Å². The van der Waals surface area contributed by atoms with E-state index in [4.69, 9.17) is 0 Å². The molecule has 0 unspecified atom stereocenters. The maximum Gasteiger partial charge on any atom is 0.270 e. The van der Waals surface area contributed by atoms with Gasteiger partial charge in [0, 0.05) is 36.2 Å². The molecule has 112 valence electrons. The average molecular weight is 370 g/mol. The van der Waals surface area contributed by atoms with E-state index in [1.807, 2.05) is 6.26 Å². The van der Waals surface area contributed by atoms with Gasteiger partial charge in [0.2, 0.25) is 0 Å². The van der Waals surface area contributed by atoms with Gasteiger partial charge in [-0.25, -0.2) is 0 Å². The highest BCUT2D eigenvalue weighted by Crippen LogP contribution is 2.34. The summed E-state index contributed by atoms with van der Waals surface area (Å²) in [6.07, 6.45) is 3.70. The Bertz CT molecular complexity index is 580. The number of nitro benzene ring substituents is 1. The van der Waals surface area contributed by atoms with Gasteiger partial charge in [0.05, 0.1) is 11.0 Å². The van der Waals surface area contributed by atoms with E-state index in [9.17, 15) is 15.4 Å². The van der Waals surface area contributed by atoms with Crippen molar-refractivity contribution in [3.8, 4) is 6.07 Å². The molecule has 1 aliphatic heterocycles. The van der Waals surface area contributed by atoms with Crippen molar-refractivity contribution in [2.24, 2.45) is 0 Å². The van der Waals surface area contributed by atoms with Crippen molar-refractivity contribution < 1.29 is 4.92 Å². The smallest absolute Gasteiger partial charge is 0.270 e. The molecule has 1 heterocycles. The highest BCUT2D eigenvalue weighted by Gasteiger charge is 2.33. The fourth-order valence-electron chi connectivity index (χ4n) is 2.45. The summed E-state index contributed by atoms with van der Waals surface area (Å²) >= 11 is 5.04. The zero-order chi connectivity index (χ0) is 15.5. The zero-order valence-electron chi connectivity index (χ0n) is 11.7. The number of thioether (sulfide) groups is 1. The van der Waals surface area contributed by atoms with Gasteiger partial charge in [0.25, 0.3) is 5.69 Å². The van der Waals surface area contributed by atoms with E-state index in [-0.39, 0.29) is 10.4 Å². The summed E-state index contributed by atoms with van der Waals surface area (Å²) in [5.41, 5.74) is 1.13. The van der Waals surface area contributed by atoms with E-state index in [1.165, 1.54) is 6.07 Å². The van der Waals surface area contributed by atoms with E-state index in [1.54, 1.807) is 23.9 Å². The minimum Gasteiger partial charge on any atom is -0.299 e. The third-order valence-electron chi connectivity index (χ3n) is 3.90. The van der Waals surface area contributed by atoms with Crippen LogP contribution in [-0.4, -0.2) is 33.9 Å². The predicted octanol–water partition coefficient (Wildman–Crippen LogP) is 3.58. The van der Waals surface area contributed by atoms with Crippen molar-refractivity contribution >= 4 is 33.4 Å². The van der Waals surface area contributed by atoms with Gasteiger partial charge in [0.1, 0.15) is 4.75 Å². The number of nitriles is 1. The molecule has 0 spiro atoms. The summed E-state index contributed by atoms with van der Waals surface area (Å²) in [5.74, 6) is 0. The minimum absolute atomic E-state index is 0.0927. The first-order valence-corrected chi connectivity index (χ1v) is 8.63. The first-order valence-electron chi connectivity index (χ1n) is 6.61. The second-order valence-electron chi connectivity index (χ2n) is 5.12. The van der Waals surface area contributed by atoms with E-state index in [0.29, 0.717) is 0 Å². The Hall–Kier alpha value is -1.10. The summed E-state index contributed by atoms with van der Waals surface area (Å²) in [4.78, 5) is 12.6. The topological polar surface area (TPSA) is 70.2 Å². The van der Waals surface area contributed by atoms with E-state index >= 15 is 0 Å². The molecule has 1 aromatic carbocycles. The van der Waals surface area contributed by atoms with Gasteiger partial charge in [0.15, 0.2) is 0 Å². The Morgan fingerprint density at radius 1 is 1.52 bits per heavy atom. The minimum atomic E-state index is -0.394. The van der Waals surface area contributed by atoms with Crippen LogP contribution in [0.3, 0.4) is 0 Å². The quantitative estimate of drug-likeness (QED) is 0.599. The Labute approximate surface area is 136 Å². The number of hydrogen-bond acceptors (Lipinski definition) is 5. The van der Waals surface area contributed by atoms with Crippen LogP contribution in [0.15, 0.2) is 22.7 Å². The number of piperidine rings is 1. The Kier molecular flexibility index (Phi) is 5.25. The predicted molar refractivity (Wildman–Crippen MR) is 87.2 cm³/mol. The Morgan fingerprint density at radius 3 is 2.67 bits per heavy atom. The van der Waals surface area contributed by atoms with Crippen LogP contribution in [0.5, 0.6) is 0 Å². The number of nitrogens with zero attached hydrogens (tertiary/aromatic N) is 3. The van der Waals surface area contributed by atoms with Crippen LogP contribution in [0.1, 0.15) is 18.4 Å². The largest absolute Gasteiger partial charge is 0.299 e. The van der Waals surface area contributed by atoms with Crippen molar-refractivity contribution in [2.75, 3.05) is 19.3 Å². The molecule has 0 saturated carbocycles. The van der Waals surface area contributed by atoms with Crippen LogP contribution in [0.4, 0.5) is 5.69 Å². The lowest BCUT2D eigenvalue weighted by Gasteiger charge is -2.36. The molecule has 0 amide bonds. The first kappa shape index (κ1) is 16.3. The number of nitro groups is 1. The molecule has 1 aliphatic rings. The lowest BCUT2D eigenvalue weighted by molar-refractivity contribution is -0.384. The van der Waals surface area contributed by atoms with Gasteiger partial charge in [-0.05, 0) is 30.7 Å². The molecule has 0 aliphatic carbocycles. The van der Waals surface area contributed by atoms with Crippen molar-refractivity contribution in [3.63, 3.8) is 0 Å². The molecule has 0 atom stereocenters. The highest BCUT2D eigenvalue weighted by molar-refractivity contribution is 9.10. The molecule has 7 heteroatoms. The number of benzene rings is 1. The van der Waals surface area contributed by atoms with Gasteiger partial charge >= 0.3 is 0 Å². The van der Waals surface area contributed by atoms with Crippen LogP contribution in [0.25, 0.3) is 0 Å². The molecule has 1 aromatic rings. The molecule has 2 rings (SSSR count). The first-order chi connectivity index (χ1) is 9.99. The van der Waals surface area contributed by atoms with Crippen molar-refractivity contribution in [2.45, 2.75) is 24.1 Å². The summed E-state index contributed by atoms with van der Waals surface area (Å²) in [6, 6.07) is 7.31. The third kappa shape index (κ3) is 3.76. The molecule has 5 nitrogen and oxygen atoms in total. The summed E-state index contributed by atoms with van der Waals surface area (Å²) in [6.45, 7) is 2.49. The van der Waals surface area contributed by atoms with Crippen molar-refractivity contribution in [1.82, 2.24) is 4.90 Å². The summed E-state index contributed by atoms with van der Waals surface area (Å²) in [7, 11) is 0. The summed E-state index contributed by atoms with van der Waals surface area (Å²) < 4.78 is 0.516. The Balaban J connectivity index is 2.01. The van der Waals surface area contributed by atoms with Crippen LogP contribution in [0.2, 0.25) is 0 Å². The third-order valence-corrected chi connectivity index (χ3v) is 5.92. The fourth-order valence-corrected chi connectivity index (χ4v) is 3.63. The van der Waals surface area contributed by atoms with E-state index in [2.05, 4.69) is 26.9 Å². The second kappa shape index (κ2) is 6.77. The van der Waals surface area contributed by atoms with Gasteiger partial charge < -0.3 is 0 Å². The van der Waals surface area contributed by atoms with Gasteiger partial charge in [-0.3, -0.25) is 15.0 Å². The monoisotopic (exact) mass is 369 g/mol. The lowest BCUT2D eigenvalue weighted by atomic mass is 9.97.